The molecular formula is C14H14N2O4S. The van der Waals surface area contributed by atoms with Gasteiger partial charge in [-0.1, -0.05) is 0 Å². The molecule has 0 saturated carbocycles. The highest BCUT2D eigenvalue weighted by atomic mass is 32.1. The molecule has 6 nitrogen and oxygen atoms in total. The van der Waals surface area contributed by atoms with Gasteiger partial charge in [-0.2, -0.15) is 0 Å². The predicted octanol–water partition coefficient (Wildman–Crippen LogP) is 2.48. The minimum absolute atomic E-state index is 0.0337. The Hall–Kier alpha value is -2.41. The van der Waals surface area contributed by atoms with Crippen molar-refractivity contribution in [2.75, 3.05) is 11.9 Å². The molecule has 0 aliphatic heterocycles. The second-order valence-electron chi connectivity index (χ2n) is 4.66. The molecule has 1 aromatic heterocycles. The highest BCUT2D eigenvalue weighted by Gasteiger charge is 2.13. The summed E-state index contributed by atoms with van der Waals surface area (Å²) in [5.41, 5.74) is 1.46. The molecule has 0 radical (unpaired) electrons. The Morgan fingerprint density at radius 3 is 2.19 bits per heavy atom. The van der Waals surface area contributed by atoms with Gasteiger partial charge >= 0.3 is 11.9 Å². The molecule has 2 rings (SSSR count). The summed E-state index contributed by atoms with van der Waals surface area (Å²) in [6, 6.07) is 4.11. The minimum atomic E-state index is -1.15. The van der Waals surface area contributed by atoms with E-state index < -0.39 is 11.9 Å². The number of rotatable bonds is 5. The van der Waals surface area contributed by atoms with Crippen LogP contribution in [0.3, 0.4) is 0 Å². The molecule has 110 valence electrons. The molecule has 0 atom stereocenters. The molecular weight excluding hydrogens is 292 g/mol. The number of thiazole rings is 1. The summed E-state index contributed by atoms with van der Waals surface area (Å²) in [7, 11) is 1.83. The first-order valence-corrected chi connectivity index (χ1v) is 6.98. The molecule has 0 spiro atoms. The third-order valence-electron chi connectivity index (χ3n) is 2.84. The Labute approximate surface area is 125 Å². The molecule has 0 bridgehead atoms. The Morgan fingerprint density at radius 2 is 1.76 bits per heavy atom. The van der Waals surface area contributed by atoms with E-state index in [1.807, 2.05) is 24.3 Å². The number of hydrogen-bond donors (Lipinski definition) is 2. The van der Waals surface area contributed by atoms with Gasteiger partial charge in [0.05, 0.1) is 16.8 Å². The topological polar surface area (TPSA) is 90.7 Å². The lowest BCUT2D eigenvalue weighted by Gasteiger charge is -2.16. The van der Waals surface area contributed by atoms with E-state index in [2.05, 4.69) is 4.98 Å². The first-order valence-electron chi connectivity index (χ1n) is 6.10. The third kappa shape index (κ3) is 3.57. The smallest absolute Gasteiger partial charge is 0.335 e. The third-order valence-corrected chi connectivity index (χ3v) is 3.91. The second kappa shape index (κ2) is 5.92. The van der Waals surface area contributed by atoms with Gasteiger partial charge in [-0.05, 0) is 30.7 Å². The number of aromatic nitrogens is 1. The molecule has 1 aromatic carbocycles. The molecule has 0 aliphatic rings. The number of carboxylic acids is 2. The quantitative estimate of drug-likeness (QED) is 0.882. The van der Waals surface area contributed by atoms with Gasteiger partial charge in [-0.25, -0.2) is 14.6 Å². The van der Waals surface area contributed by atoms with Gasteiger partial charge in [0.1, 0.15) is 0 Å². The van der Waals surface area contributed by atoms with Gasteiger partial charge in [0.2, 0.25) is 0 Å². The van der Waals surface area contributed by atoms with Crippen molar-refractivity contribution < 1.29 is 19.8 Å². The zero-order chi connectivity index (χ0) is 15.6. The van der Waals surface area contributed by atoms with E-state index >= 15 is 0 Å². The zero-order valence-corrected chi connectivity index (χ0v) is 12.3. The Morgan fingerprint density at radius 1 is 1.19 bits per heavy atom. The van der Waals surface area contributed by atoms with Crippen LogP contribution in [0.4, 0.5) is 5.13 Å². The van der Waals surface area contributed by atoms with E-state index in [0.29, 0.717) is 12.1 Å². The SMILES string of the molecule is Cc1csc(N(C)Cc2cc(C(=O)O)cc(C(=O)O)c2)n1. The summed E-state index contributed by atoms with van der Waals surface area (Å²) in [5.74, 6) is -2.29. The van der Waals surface area contributed by atoms with Gasteiger partial charge < -0.3 is 15.1 Å². The maximum atomic E-state index is 11.1. The number of carboxylic acid groups (broad SMARTS) is 2. The molecule has 21 heavy (non-hydrogen) atoms. The normalized spacial score (nSPS) is 10.4. The Balaban J connectivity index is 2.30. The standard InChI is InChI=1S/C14H14N2O4S/c1-8-7-21-14(15-8)16(2)6-9-3-10(12(17)18)5-11(4-9)13(19)20/h3-5,7H,6H2,1-2H3,(H,17,18)(H,19,20). The van der Waals surface area contributed by atoms with Crippen LogP contribution in [0, 0.1) is 6.92 Å². The maximum absolute atomic E-state index is 11.1. The zero-order valence-electron chi connectivity index (χ0n) is 11.5. The van der Waals surface area contributed by atoms with Crippen molar-refractivity contribution in [3.05, 3.63) is 46.0 Å². The first-order chi connectivity index (χ1) is 9.86. The first kappa shape index (κ1) is 15.0. The van der Waals surface area contributed by atoms with Crippen molar-refractivity contribution >= 4 is 28.4 Å². The van der Waals surface area contributed by atoms with Gasteiger partial charge in [-0.15, -0.1) is 11.3 Å². The van der Waals surface area contributed by atoms with E-state index in [0.717, 1.165) is 16.9 Å². The highest BCUT2D eigenvalue weighted by Crippen LogP contribution is 2.21. The second-order valence-corrected chi connectivity index (χ2v) is 5.49. The number of carbonyl (C=O) groups is 2. The molecule has 0 fully saturated rings. The molecule has 2 aromatic rings. The molecule has 7 heteroatoms. The van der Waals surface area contributed by atoms with E-state index in [9.17, 15) is 9.59 Å². The number of aromatic carboxylic acids is 2. The lowest BCUT2D eigenvalue weighted by atomic mass is 10.1. The molecule has 0 unspecified atom stereocenters. The van der Waals surface area contributed by atoms with Crippen LogP contribution in [-0.4, -0.2) is 34.2 Å². The van der Waals surface area contributed by atoms with Gasteiger partial charge in [0.15, 0.2) is 5.13 Å². The molecule has 0 saturated heterocycles. The van der Waals surface area contributed by atoms with Crippen molar-refractivity contribution in [2.45, 2.75) is 13.5 Å². The van der Waals surface area contributed by atoms with Crippen molar-refractivity contribution in [1.29, 1.82) is 0 Å². The van der Waals surface area contributed by atoms with E-state index in [4.69, 9.17) is 10.2 Å². The van der Waals surface area contributed by atoms with Gasteiger partial charge in [-0.3, -0.25) is 0 Å². The number of benzene rings is 1. The average molecular weight is 306 g/mol. The van der Waals surface area contributed by atoms with Crippen LogP contribution < -0.4 is 4.90 Å². The van der Waals surface area contributed by atoms with Crippen LogP contribution >= 0.6 is 11.3 Å². The maximum Gasteiger partial charge on any atom is 0.335 e. The number of aryl methyl sites for hydroxylation is 1. The summed E-state index contributed by atoms with van der Waals surface area (Å²) in [6.07, 6.45) is 0. The Kier molecular flexibility index (Phi) is 4.23. The van der Waals surface area contributed by atoms with Crippen LogP contribution in [0.25, 0.3) is 0 Å². The summed E-state index contributed by atoms with van der Waals surface area (Å²) in [4.78, 5) is 28.3. The fraction of sp³-hybridized carbons (Fsp3) is 0.214. The number of hydrogen-bond acceptors (Lipinski definition) is 5. The van der Waals surface area contributed by atoms with Crippen LogP contribution in [-0.2, 0) is 6.54 Å². The van der Waals surface area contributed by atoms with Crippen molar-refractivity contribution in [2.24, 2.45) is 0 Å². The largest absolute Gasteiger partial charge is 0.478 e. The molecule has 1 heterocycles. The van der Waals surface area contributed by atoms with E-state index in [-0.39, 0.29) is 11.1 Å². The number of anilines is 1. The summed E-state index contributed by atoms with van der Waals surface area (Å²) in [5, 5.41) is 20.8. The average Bonchev–Trinajstić information content (AvgIpc) is 2.85. The highest BCUT2D eigenvalue weighted by molar-refractivity contribution is 7.13. The summed E-state index contributed by atoms with van der Waals surface area (Å²) < 4.78 is 0. The van der Waals surface area contributed by atoms with Gasteiger partial charge in [0.25, 0.3) is 0 Å². The summed E-state index contributed by atoms with van der Waals surface area (Å²) >= 11 is 1.48. The summed E-state index contributed by atoms with van der Waals surface area (Å²) in [6.45, 7) is 2.27. The lowest BCUT2D eigenvalue weighted by molar-refractivity contribution is 0.0696. The predicted molar refractivity (Wildman–Crippen MR) is 79.3 cm³/mol. The van der Waals surface area contributed by atoms with Crippen molar-refractivity contribution in [1.82, 2.24) is 4.98 Å². The van der Waals surface area contributed by atoms with Crippen LogP contribution in [0.5, 0.6) is 0 Å². The fourth-order valence-electron chi connectivity index (χ4n) is 1.89. The molecule has 0 amide bonds. The van der Waals surface area contributed by atoms with Gasteiger partial charge in [0, 0.05) is 19.0 Å². The van der Waals surface area contributed by atoms with Crippen LogP contribution in [0.15, 0.2) is 23.6 Å². The van der Waals surface area contributed by atoms with E-state index in [1.54, 1.807) is 0 Å². The fourth-order valence-corrected chi connectivity index (χ4v) is 2.66. The minimum Gasteiger partial charge on any atom is -0.478 e. The molecule has 2 N–H and O–H groups in total. The Bertz CT molecular complexity index is 664. The van der Waals surface area contributed by atoms with Crippen molar-refractivity contribution in [3.63, 3.8) is 0 Å². The number of nitrogens with zero attached hydrogens (tertiary/aromatic N) is 2. The van der Waals surface area contributed by atoms with E-state index in [1.165, 1.54) is 23.5 Å². The lowest BCUT2D eigenvalue weighted by Crippen LogP contribution is -2.17. The monoisotopic (exact) mass is 306 g/mol. The van der Waals surface area contributed by atoms with Crippen molar-refractivity contribution in [3.8, 4) is 0 Å². The van der Waals surface area contributed by atoms with Crippen LogP contribution in [0.2, 0.25) is 0 Å². The molecule has 0 aliphatic carbocycles. The van der Waals surface area contributed by atoms with Crippen LogP contribution in [0.1, 0.15) is 32.0 Å².